The molecule has 1 aliphatic heterocycles. The Bertz CT molecular complexity index is 641. The van der Waals surface area contributed by atoms with E-state index in [1.807, 2.05) is 65.6 Å². The zero-order valence-electron chi connectivity index (χ0n) is 15.8. The molecule has 152 valence electrons. The monoisotopic (exact) mass is 423 g/mol. The number of nitrogens with zero attached hydrogens (tertiary/aromatic N) is 1. The fourth-order valence-corrected chi connectivity index (χ4v) is 2.93. The Hall–Kier alpha value is -1.59. The van der Waals surface area contributed by atoms with Crippen LogP contribution in [0, 0.1) is 5.92 Å². The molecule has 28 heavy (non-hydrogen) atoms. The second-order valence-corrected chi connectivity index (χ2v) is 7.56. The number of hydrogen-bond acceptors (Lipinski definition) is 3. The van der Waals surface area contributed by atoms with Gasteiger partial charge in [0.05, 0.1) is 6.61 Å². The normalized spacial score (nSPS) is 18.5. The highest BCUT2D eigenvalue weighted by Crippen LogP contribution is 2.30. The highest BCUT2D eigenvalue weighted by molar-refractivity contribution is 6.30. The van der Waals surface area contributed by atoms with Crippen LogP contribution in [0.15, 0.2) is 60.7 Å². The van der Waals surface area contributed by atoms with E-state index in [0.717, 1.165) is 29.1 Å². The van der Waals surface area contributed by atoms with E-state index in [1.54, 1.807) is 0 Å². The molecule has 2 fully saturated rings. The molecule has 0 aromatic heterocycles. The number of hydrogen-bond donors (Lipinski definition) is 1. The third kappa shape index (κ3) is 9.07. The van der Waals surface area contributed by atoms with Crippen molar-refractivity contribution < 1.29 is 14.6 Å². The average molecular weight is 424 g/mol. The fourth-order valence-electron chi connectivity index (χ4n) is 2.64. The first-order chi connectivity index (χ1) is 13.6. The lowest BCUT2D eigenvalue weighted by Crippen LogP contribution is -2.48. The summed E-state index contributed by atoms with van der Waals surface area (Å²) < 4.78 is 5.31. The van der Waals surface area contributed by atoms with Crippen molar-refractivity contribution in [2.24, 2.45) is 5.92 Å². The molecule has 2 aromatic carbocycles. The van der Waals surface area contributed by atoms with Crippen LogP contribution in [0.25, 0.3) is 0 Å². The van der Waals surface area contributed by atoms with E-state index in [1.165, 1.54) is 12.8 Å². The van der Waals surface area contributed by atoms with Crippen LogP contribution < -0.4 is 0 Å². The van der Waals surface area contributed by atoms with Gasteiger partial charge in [0, 0.05) is 36.2 Å². The summed E-state index contributed by atoms with van der Waals surface area (Å²) in [4.78, 5) is 13.7. The maximum atomic E-state index is 11.8. The number of aliphatic hydroxyl groups excluding tert-OH is 1. The maximum Gasteiger partial charge on any atom is 0.251 e. The van der Waals surface area contributed by atoms with Gasteiger partial charge in [-0.2, -0.15) is 0 Å². The summed E-state index contributed by atoms with van der Waals surface area (Å²) in [6, 6.07) is 18.9. The molecule has 1 aliphatic carbocycles. The van der Waals surface area contributed by atoms with Crippen LogP contribution in [0.5, 0.6) is 0 Å². The molecule has 0 radical (unpaired) electrons. The summed E-state index contributed by atoms with van der Waals surface area (Å²) in [5.74, 6) is 0.795. The second-order valence-electron chi connectivity index (χ2n) is 6.69. The Labute approximate surface area is 177 Å². The Morgan fingerprint density at radius 2 is 1.50 bits per heavy atom. The van der Waals surface area contributed by atoms with Crippen LogP contribution in [0.4, 0.5) is 0 Å². The lowest BCUT2D eigenvalue weighted by atomic mass is 10.2. The first kappa shape index (κ1) is 22.7. The van der Waals surface area contributed by atoms with E-state index in [2.05, 4.69) is 0 Å². The van der Waals surface area contributed by atoms with Gasteiger partial charge in [-0.05, 0) is 43.0 Å². The highest BCUT2D eigenvalue weighted by Gasteiger charge is 2.33. The van der Waals surface area contributed by atoms with Crippen molar-refractivity contribution in [1.29, 1.82) is 0 Å². The minimum absolute atomic E-state index is 0.0215. The van der Waals surface area contributed by atoms with Crippen molar-refractivity contribution >= 4 is 29.1 Å². The van der Waals surface area contributed by atoms with E-state index in [0.29, 0.717) is 13.0 Å². The van der Waals surface area contributed by atoms with Crippen molar-refractivity contribution in [3.8, 4) is 0 Å². The summed E-state index contributed by atoms with van der Waals surface area (Å²) in [6.07, 6.45) is 2.55. The number of morpholine rings is 1. The summed E-state index contributed by atoms with van der Waals surface area (Å²) in [5, 5.41) is 10.4. The molecule has 4 rings (SSSR count). The average Bonchev–Trinajstić information content (AvgIpc) is 3.52. The predicted octanol–water partition coefficient (Wildman–Crippen LogP) is 4.69. The Balaban J connectivity index is 0.000000168. The SMILES string of the molecule is Clc1ccccc1.Clc1ccccc1.O=C1[C@@H](CCO)OCCN1CC1CC1. The van der Waals surface area contributed by atoms with Gasteiger partial charge in [-0.25, -0.2) is 0 Å². The van der Waals surface area contributed by atoms with Gasteiger partial charge in [0.2, 0.25) is 0 Å². The van der Waals surface area contributed by atoms with Gasteiger partial charge in [0.25, 0.3) is 5.91 Å². The molecule has 0 spiro atoms. The van der Waals surface area contributed by atoms with Gasteiger partial charge in [-0.3, -0.25) is 4.79 Å². The highest BCUT2D eigenvalue weighted by atomic mass is 35.5. The summed E-state index contributed by atoms with van der Waals surface area (Å²) in [7, 11) is 0. The number of halogens is 2. The molecule has 1 saturated carbocycles. The van der Waals surface area contributed by atoms with E-state index in [-0.39, 0.29) is 12.5 Å². The van der Waals surface area contributed by atoms with E-state index >= 15 is 0 Å². The second kappa shape index (κ2) is 12.8. The molecule has 0 bridgehead atoms. The lowest BCUT2D eigenvalue weighted by Gasteiger charge is -2.32. The van der Waals surface area contributed by atoms with Crippen molar-refractivity contribution in [2.75, 3.05) is 26.3 Å². The van der Waals surface area contributed by atoms with Crippen molar-refractivity contribution in [1.82, 2.24) is 4.90 Å². The summed E-state index contributed by atoms with van der Waals surface area (Å²) in [5.41, 5.74) is 0. The topological polar surface area (TPSA) is 49.8 Å². The van der Waals surface area contributed by atoms with Gasteiger partial charge in [-0.15, -0.1) is 0 Å². The van der Waals surface area contributed by atoms with Crippen LogP contribution in [-0.2, 0) is 9.53 Å². The Morgan fingerprint density at radius 3 is 1.89 bits per heavy atom. The maximum absolute atomic E-state index is 11.8. The molecule has 1 saturated heterocycles. The van der Waals surface area contributed by atoms with Crippen LogP contribution in [0.2, 0.25) is 10.0 Å². The summed E-state index contributed by atoms with van der Waals surface area (Å²) in [6.45, 7) is 2.25. The Morgan fingerprint density at radius 1 is 0.964 bits per heavy atom. The number of rotatable bonds is 4. The molecular weight excluding hydrogens is 397 g/mol. The number of ether oxygens (including phenoxy) is 1. The summed E-state index contributed by atoms with van der Waals surface area (Å²) >= 11 is 11.1. The zero-order valence-corrected chi connectivity index (χ0v) is 17.4. The van der Waals surface area contributed by atoms with Crippen molar-refractivity contribution in [3.05, 3.63) is 70.7 Å². The molecule has 0 unspecified atom stereocenters. The predicted molar refractivity (Wildman–Crippen MR) is 114 cm³/mol. The number of benzene rings is 2. The number of carbonyl (C=O) groups excluding carboxylic acids is 1. The molecule has 1 amide bonds. The zero-order chi connectivity index (χ0) is 20.2. The minimum Gasteiger partial charge on any atom is -0.396 e. The van der Waals surface area contributed by atoms with E-state index in [4.69, 9.17) is 33.0 Å². The van der Waals surface area contributed by atoms with E-state index < -0.39 is 6.10 Å². The molecule has 4 nitrogen and oxygen atoms in total. The molecule has 6 heteroatoms. The third-order valence-corrected chi connectivity index (χ3v) is 4.80. The third-order valence-electron chi connectivity index (χ3n) is 4.30. The van der Waals surface area contributed by atoms with Crippen LogP contribution >= 0.6 is 23.2 Å². The van der Waals surface area contributed by atoms with Gasteiger partial charge in [-0.1, -0.05) is 59.6 Å². The van der Waals surface area contributed by atoms with Gasteiger partial charge >= 0.3 is 0 Å². The minimum atomic E-state index is -0.396. The van der Waals surface area contributed by atoms with Gasteiger partial charge in [0.15, 0.2) is 0 Å². The van der Waals surface area contributed by atoms with Crippen molar-refractivity contribution in [3.63, 3.8) is 0 Å². The number of amides is 1. The molecule has 1 N–H and O–H groups in total. The quantitative estimate of drug-likeness (QED) is 0.775. The standard InChI is InChI=1S/C10H17NO3.2C6H5Cl/c12-5-3-9-10(13)11(4-6-14-9)7-8-1-2-8;2*7-6-4-2-1-3-5-6/h8-9,12H,1-7H2;2*1-5H/t9-;;/m1../s1. The Kier molecular flexibility index (Phi) is 10.4. The largest absolute Gasteiger partial charge is 0.396 e. The molecule has 2 aliphatic rings. The number of aliphatic hydroxyl groups is 1. The molecule has 1 heterocycles. The van der Waals surface area contributed by atoms with Crippen LogP contribution in [0.1, 0.15) is 19.3 Å². The fraction of sp³-hybridized carbons (Fsp3) is 0.409. The van der Waals surface area contributed by atoms with Gasteiger partial charge in [0.1, 0.15) is 6.10 Å². The first-order valence-corrected chi connectivity index (χ1v) is 10.3. The van der Waals surface area contributed by atoms with Crippen LogP contribution in [-0.4, -0.2) is 48.3 Å². The molecule has 2 aromatic rings. The van der Waals surface area contributed by atoms with Gasteiger partial charge < -0.3 is 14.7 Å². The lowest BCUT2D eigenvalue weighted by molar-refractivity contribution is -0.154. The smallest absolute Gasteiger partial charge is 0.251 e. The molecular formula is C22H27Cl2NO3. The molecule has 1 atom stereocenters. The van der Waals surface area contributed by atoms with Crippen molar-refractivity contribution in [2.45, 2.75) is 25.4 Å². The van der Waals surface area contributed by atoms with Crippen LogP contribution in [0.3, 0.4) is 0 Å². The van der Waals surface area contributed by atoms with E-state index in [9.17, 15) is 4.79 Å². The number of carbonyl (C=O) groups is 1. The first-order valence-electron chi connectivity index (χ1n) is 9.52.